The van der Waals surface area contributed by atoms with E-state index in [4.69, 9.17) is 4.99 Å². The van der Waals surface area contributed by atoms with E-state index in [-0.39, 0.29) is 0 Å². The minimum Gasteiger partial charge on any atom is -0.357 e. The molecule has 29 heavy (non-hydrogen) atoms. The molecule has 6 nitrogen and oxygen atoms in total. The predicted octanol–water partition coefficient (Wildman–Crippen LogP) is 2.69. The topological polar surface area (TPSA) is 55.8 Å². The molecule has 1 aromatic carbocycles. The molecule has 1 aliphatic rings. The van der Waals surface area contributed by atoms with Gasteiger partial charge in [0.15, 0.2) is 5.96 Å². The lowest BCUT2D eigenvalue weighted by Gasteiger charge is -2.34. The van der Waals surface area contributed by atoms with E-state index in [2.05, 4.69) is 82.7 Å². The summed E-state index contributed by atoms with van der Waals surface area (Å²) in [5, 5.41) is 6.85. The van der Waals surface area contributed by atoms with Gasteiger partial charge < -0.3 is 20.4 Å². The van der Waals surface area contributed by atoms with Gasteiger partial charge in [0.2, 0.25) is 0 Å². The van der Waals surface area contributed by atoms with E-state index in [0.29, 0.717) is 12.5 Å². The fourth-order valence-corrected chi connectivity index (χ4v) is 3.51. The van der Waals surface area contributed by atoms with Gasteiger partial charge in [-0.05, 0) is 31.5 Å². The van der Waals surface area contributed by atoms with Gasteiger partial charge in [-0.1, -0.05) is 43.3 Å². The summed E-state index contributed by atoms with van der Waals surface area (Å²) in [5.41, 5.74) is 2.51. The number of nitrogens with one attached hydrogen (secondary N) is 2. The lowest BCUT2D eigenvalue weighted by molar-refractivity contribution is 0.312. The van der Waals surface area contributed by atoms with E-state index in [0.717, 1.165) is 51.0 Å². The van der Waals surface area contributed by atoms with Crippen LogP contribution >= 0.6 is 0 Å². The Morgan fingerprint density at radius 1 is 1.07 bits per heavy atom. The van der Waals surface area contributed by atoms with Gasteiger partial charge >= 0.3 is 0 Å². The van der Waals surface area contributed by atoms with Gasteiger partial charge in [0, 0.05) is 51.0 Å². The molecule has 0 aliphatic carbocycles. The standard InChI is InChI=1S/C23H34N6/c1-4-24-23(26-17-19(2)20-9-6-5-7-10-20)27-18-21-11-8-12-25-22(21)29-15-13-28(3)14-16-29/h5-12,19H,4,13-18H2,1-3H3,(H2,24,26,27). The Morgan fingerprint density at radius 3 is 2.55 bits per heavy atom. The normalized spacial score (nSPS) is 16.5. The van der Waals surface area contributed by atoms with Crippen LogP contribution in [0.3, 0.4) is 0 Å². The van der Waals surface area contributed by atoms with Crippen molar-refractivity contribution in [2.45, 2.75) is 26.3 Å². The molecule has 1 fully saturated rings. The summed E-state index contributed by atoms with van der Waals surface area (Å²) in [6.07, 6.45) is 1.88. The number of piperazine rings is 1. The molecule has 1 aromatic heterocycles. The highest BCUT2D eigenvalue weighted by Crippen LogP contribution is 2.19. The number of aromatic nitrogens is 1. The third-order valence-electron chi connectivity index (χ3n) is 5.37. The second-order valence-corrected chi connectivity index (χ2v) is 7.66. The largest absolute Gasteiger partial charge is 0.357 e. The summed E-state index contributed by atoms with van der Waals surface area (Å²) in [6, 6.07) is 14.7. The number of pyridine rings is 1. The number of aliphatic imine (C=N–C) groups is 1. The fraction of sp³-hybridized carbons (Fsp3) is 0.478. The maximum absolute atomic E-state index is 4.84. The summed E-state index contributed by atoms with van der Waals surface area (Å²) in [6.45, 7) is 10.8. The molecule has 156 valence electrons. The maximum Gasteiger partial charge on any atom is 0.191 e. The highest BCUT2D eigenvalue weighted by molar-refractivity contribution is 5.79. The Morgan fingerprint density at radius 2 is 1.83 bits per heavy atom. The molecule has 2 heterocycles. The molecule has 6 heteroatoms. The Kier molecular flexibility index (Phi) is 7.87. The predicted molar refractivity (Wildman–Crippen MR) is 122 cm³/mol. The van der Waals surface area contributed by atoms with Crippen LogP contribution in [0.15, 0.2) is 53.7 Å². The van der Waals surface area contributed by atoms with Crippen molar-refractivity contribution in [2.24, 2.45) is 4.99 Å². The summed E-state index contributed by atoms with van der Waals surface area (Å²) in [5.74, 6) is 2.33. The number of nitrogens with zero attached hydrogens (tertiary/aromatic N) is 4. The smallest absolute Gasteiger partial charge is 0.191 e. The Bertz CT molecular complexity index is 768. The summed E-state index contributed by atoms with van der Waals surface area (Å²) in [4.78, 5) is 14.2. The molecule has 0 radical (unpaired) electrons. The molecular formula is C23H34N6. The van der Waals surface area contributed by atoms with Gasteiger partial charge in [-0.15, -0.1) is 0 Å². The van der Waals surface area contributed by atoms with Gasteiger partial charge in [0.05, 0.1) is 6.54 Å². The average molecular weight is 395 g/mol. The van der Waals surface area contributed by atoms with Crippen molar-refractivity contribution in [1.82, 2.24) is 20.5 Å². The van der Waals surface area contributed by atoms with Crippen LogP contribution < -0.4 is 15.5 Å². The van der Waals surface area contributed by atoms with Crippen molar-refractivity contribution in [3.8, 4) is 0 Å². The Balaban J connectivity index is 1.64. The van der Waals surface area contributed by atoms with Crippen LogP contribution in [0.25, 0.3) is 0 Å². The Labute approximate surface area is 175 Å². The SMILES string of the molecule is CCNC(=NCc1cccnc1N1CCN(C)CC1)NCC(C)c1ccccc1. The molecule has 3 rings (SSSR count). The molecule has 1 atom stereocenters. The number of hydrogen-bond acceptors (Lipinski definition) is 4. The van der Waals surface area contributed by atoms with Crippen LogP contribution in [0.1, 0.15) is 30.9 Å². The van der Waals surface area contributed by atoms with Crippen LogP contribution in [0, 0.1) is 0 Å². The highest BCUT2D eigenvalue weighted by atomic mass is 15.3. The minimum absolute atomic E-state index is 0.416. The van der Waals surface area contributed by atoms with Gasteiger partial charge in [-0.2, -0.15) is 0 Å². The highest BCUT2D eigenvalue weighted by Gasteiger charge is 2.17. The van der Waals surface area contributed by atoms with E-state index >= 15 is 0 Å². The van der Waals surface area contributed by atoms with Crippen molar-refractivity contribution < 1.29 is 0 Å². The number of anilines is 1. The molecule has 1 saturated heterocycles. The van der Waals surface area contributed by atoms with Gasteiger partial charge in [0.1, 0.15) is 5.82 Å². The number of guanidine groups is 1. The van der Waals surface area contributed by atoms with E-state index in [1.54, 1.807) is 0 Å². The first-order chi connectivity index (χ1) is 14.2. The number of benzene rings is 1. The molecule has 2 N–H and O–H groups in total. The van der Waals surface area contributed by atoms with Crippen molar-refractivity contribution >= 4 is 11.8 Å². The monoisotopic (exact) mass is 394 g/mol. The van der Waals surface area contributed by atoms with Crippen molar-refractivity contribution in [3.63, 3.8) is 0 Å². The molecule has 1 aliphatic heterocycles. The van der Waals surface area contributed by atoms with Crippen LogP contribution in [-0.4, -0.2) is 62.2 Å². The second kappa shape index (κ2) is 10.8. The summed E-state index contributed by atoms with van der Waals surface area (Å²) in [7, 11) is 2.17. The number of likely N-dealkylation sites (N-methyl/N-ethyl adjacent to an activating group) is 1. The summed E-state index contributed by atoms with van der Waals surface area (Å²) >= 11 is 0. The molecule has 0 amide bonds. The van der Waals surface area contributed by atoms with E-state index < -0.39 is 0 Å². The van der Waals surface area contributed by atoms with Crippen molar-refractivity contribution in [2.75, 3.05) is 51.2 Å². The quantitative estimate of drug-likeness (QED) is 0.559. The first-order valence-electron chi connectivity index (χ1n) is 10.6. The van der Waals surface area contributed by atoms with Gasteiger partial charge in [-0.25, -0.2) is 9.98 Å². The van der Waals surface area contributed by atoms with Crippen LogP contribution in [0.5, 0.6) is 0 Å². The summed E-state index contributed by atoms with van der Waals surface area (Å²) < 4.78 is 0. The van der Waals surface area contributed by atoms with E-state index in [1.807, 2.05) is 12.3 Å². The third kappa shape index (κ3) is 6.19. The lowest BCUT2D eigenvalue weighted by Crippen LogP contribution is -2.45. The van der Waals surface area contributed by atoms with E-state index in [9.17, 15) is 0 Å². The van der Waals surface area contributed by atoms with E-state index in [1.165, 1.54) is 11.1 Å². The maximum atomic E-state index is 4.84. The molecule has 0 spiro atoms. The van der Waals surface area contributed by atoms with Crippen LogP contribution in [-0.2, 0) is 6.54 Å². The Hall–Kier alpha value is -2.60. The molecular weight excluding hydrogens is 360 g/mol. The number of hydrogen-bond donors (Lipinski definition) is 2. The van der Waals surface area contributed by atoms with Gasteiger partial charge in [0.25, 0.3) is 0 Å². The first kappa shape index (κ1) is 21.1. The molecule has 2 aromatic rings. The lowest BCUT2D eigenvalue weighted by atomic mass is 10.0. The number of rotatable bonds is 7. The second-order valence-electron chi connectivity index (χ2n) is 7.66. The third-order valence-corrected chi connectivity index (χ3v) is 5.37. The zero-order valence-electron chi connectivity index (χ0n) is 17.9. The average Bonchev–Trinajstić information content (AvgIpc) is 2.77. The molecule has 1 unspecified atom stereocenters. The minimum atomic E-state index is 0.416. The van der Waals surface area contributed by atoms with Crippen molar-refractivity contribution in [1.29, 1.82) is 0 Å². The van der Waals surface area contributed by atoms with Crippen LogP contribution in [0.4, 0.5) is 5.82 Å². The first-order valence-corrected chi connectivity index (χ1v) is 10.6. The molecule has 0 saturated carbocycles. The van der Waals surface area contributed by atoms with Crippen molar-refractivity contribution in [3.05, 3.63) is 59.8 Å². The molecule has 0 bridgehead atoms. The zero-order chi connectivity index (χ0) is 20.5. The van der Waals surface area contributed by atoms with Gasteiger partial charge in [-0.3, -0.25) is 0 Å². The fourth-order valence-electron chi connectivity index (χ4n) is 3.51. The zero-order valence-corrected chi connectivity index (χ0v) is 17.9. The van der Waals surface area contributed by atoms with Crippen LogP contribution in [0.2, 0.25) is 0 Å².